The number of benzene rings is 5. The molecule has 0 unspecified atom stereocenters. The Morgan fingerprint density at radius 1 is 0.485 bits per heavy atom. The van der Waals surface area contributed by atoms with Crippen LogP contribution in [0.4, 0.5) is 28.4 Å². The lowest BCUT2D eigenvalue weighted by Crippen LogP contribution is -2.11. The average Bonchev–Trinajstić information content (AvgIpc) is 2.87. The van der Waals surface area contributed by atoms with Crippen LogP contribution in [0.2, 0.25) is 0 Å². The Balaban J connectivity index is 1.49. The van der Waals surface area contributed by atoms with Crippen LogP contribution in [-0.4, -0.2) is 0 Å². The maximum Gasteiger partial charge on any atom is 0.0696 e. The van der Waals surface area contributed by atoms with Gasteiger partial charge in [-0.25, -0.2) is 0 Å². The van der Waals surface area contributed by atoms with Gasteiger partial charge in [-0.1, -0.05) is 91.0 Å². The number of anilines is 5. The van der Waals surface area contributed by atoms with Crippen LogP contribution in [0.5, 0.6) is 0 Å². The Labute approximate surface area is 195 Å². The van der Waals surface area contributed by atoms with Crippen molar-refractivity contribution < 1.29 is 0 Å². The van der Waals surface area contributed by atoms with E-state index in [1.165, 1.54) is 11.1 Å². The fourth-order valence-electron chi connectivity index (χ4n) is 4.10. The van der Waals surface area contributed by atoms with E-state index in [1.54, 1.807) is 0 Å². The molecule has 160 valence electrons. The number of nitrogens with one attached hydrogen (secondary N) is 1. The number of rotatable bonds is 7. The third-order valence-electron chi connectivity index (χ3n) is 5.63. The topological polar surface area (TPSA) is 15.3 Å². The smallest absolute Gasteiger partial charge is 0.0696 e. The van der Waals surface area contributed by atoms with Gasteiger partial charge < -0.3 is 10.2 Å². The van der Waals surface area contributed by atoms with Crippen LogP contribution < -0.4 is 10.2 Å². The normalized spacial score (nSPS) is 10.5. The summed E-state index contributed by atoms with van der Waals surface area (Å²) in [7, 11) is 0. The third kappa shape index (κ3) is 4.97. The molecule has 0 spiro atoms. The molecule has 0 saturated heterocycles. The van der Waals surface area contributed by atoms with Gasteiger partial charge in [0.25, 0.3) is 0 Å². The van der Waals surface area contributed by atoms with E-state index in [0.29, 0.717) is 0 Å². The predicted molar refractivity (Wildman–Crippen MR) is 140 cm³/mol. The molecule has 5 aromatic carbocycles. The second-order valence-corrected chi connectivity index (χ2v) is 8.01. The van der Waals surface area contributed by atoms with Crippen molar-refractivity contribution in [2.24, 2.45) is 0 Å². The lowest BCUT2D eigenvalue weighted by molar-refractivity contribution is 1.19. The Morgan fingerprint density at radius 3 is 1.70 bits per heavy atom. The minimum absolute atomic E-state index is 0.915. The van der Waals surface area contributed by atoms with Crippen molar-refractivity contribution in [2.45, 2.75) is 6.42 Å². The van der Waals surface area contributed by atoms with E-state index >= 15 is 0 Å². The highest BCUT2D eigenvalue weighted by Crippen LogP contribution is 2.39. The molecule has 0 aromatic heterocycles. The first-order chi connectivity index (χ1) is 16.4. The molecule has 0 atom stereocenters. The van der Waals surface area contributed by atoms with Crippen LogP contribution in [0.15, 0.2) is 140 Å². The standard InChI is InChI=1S/C31H26N2/c1-4-13-25(14-5-1)23-26-15-12-16-27(24-26)32-30-21-10-11-22-31(30)33(28-17-6-2-7-18-28)29-19-8-3-9-20-29/h1-22,24,32H,23H2. The molecule has 0 aliphatic carbocycles. The number of hydrogen-bond donors (Lipinski definition) is 1. The summed E-state index contributed by atoms with van der Waals surface area (Å²) >= 11 is 0. The summed E-state index contributed by atoms with van der Waals surface area (Å²) in [4.78, 5) is 2.29. The highest BCUT2D eigenvalue weighted by Gasteiger charge is 2.15. The maximum absolute atomic E-state index is 3.68. The molecule has 5 rings (SSSR count). The lowest BCUT2D eigenvalue weighted by Gasteiger charge is -2.28. The van der Waals surface area contributed by atoms with Crippen molar-refractivity contribution in [3.8, 4) is 0 Å². The second-order valence-electron chi connectivity index (χ2n) is 8.01. The SMILES string of the molecule is c1ccc(Cc2cccc(Nc3ccccc3N(c3ccccc3)c3ccccc3)c2)cc1. The zero-order chi connectivity index (χ0) is 22.3. The summed E-state index contributed by atoms with van der Waals surface area (Å²) in [5.41, 5.74) is 8.08. The van der Waals surface area contributed by atoms with Gasteiger partial charge >= 0.3 is 0 Å². The summed E-state index contributed by atoms with van der Waals surface area (Å²) in [5, 5.41) is 3.68. The molecule has 1 N–H and O–H groups in total. The molecule has 0 radical (unpaired) electrons. The van der Waals surface area contributed by atoms with Crippen molar-refractivity contribution in [1.82, 2.24) is 0 Å². The number of nitrogens with zero attached hydrogens (tertiary/aromatic N) is 1. The van der Waals surface area contributed by atoms with Gasteiger partial charge in [-0.2, -0.15) is 0 Å². The molecule has 0 heterocycles. The first kappa shape index (κ1) is 20.6. The number of hydrogen-bond acceptors (Lipinski definition) is 2. The van der Waals surface area contributed by atoms with Gasteiger partial charge in [0.05, 0.1) is 11.4 Å². The molecule has 2 heteroatoms. The van der Waals surface area contributed by atoms with Crippen LogP contribution in [0, 0.1) is 0 Å². The number of para-hydroxylation sites is 4. The Bertz CT molecular complexity index is 1260. The van der Waals surface area contributed by atoms with E-state index in [2.05, 4.69) is 150 Å². The zero-order valence-electron chi connectivity index (χ0n) is 18.4. The third-order valence-corrected chi connectivity index (χ3v) is 5.63. The lowest BCUT2D eigenvalue weighted by atomic mass is 10.0. The first-order valence-electron chi connectivity index (χ1n) is 11.3. The van der Waals surface area contributed by atoms with Crippen LogP contribution >= 0.6 is 0 Å². The van der Waals surface area contributed by atoms with Gasteiger partial charge in [-0.3, -0.25) is 0 Å². The zero-order valence-corrected chi connectivity index (χ0v) is 18.4. The summed E-state index contributed by atoms with van der Waals surface area (Å²) in [6, 6.07) is 48.7. The monoisotopic (exact) mass is 426 g/mol. The Kier molecular flexibility index (Phi) is 6.17. The molecule has 5 aromatic rings. The molecule has 0 saturated carbocycles. The molecule has 0 amide bonds. The maximum atomic E-state index is 3.68. The summed E-state index contributed by atoms with van der Waals surface area (Å²) in [5.74, 6) is 0. The molecule has 0 aliphatic heterocycles. The molecule has 0 fully saturated rings. The summed E-state index contributed by atoms with van der Waals surface area (Å²) in [6.07, 6.45) is 0.915. The van der Waals surface area contributed by atoms with Gasteiger partial charge in [-0.05, 0) is 66.1 Å². The van der Waals surface area contributed by atoms with Crippen molar-refractivity contribution in [2.75, 3.05) is 10.2 Å². The highest BCUT2D eigenvalue weighted by atomic mass is 15.2. The van der Waals surface area contributed by atoms with Gasteiger partial charge in [0.15, 0.2) is 0 Å². The van der Waals surface area contributed by atoms with Crippen LogP contribution in [0.3, 0.4) is 0 Å². The summed E-state index contributed by atoms with van der Waals surface area (Å²) < 4.78 is 0. The molecule has 0 aliphatic rings. The van der Waals surface area contributed by atoms with E-state index in [0.717, 1.165) is 34.9 Å². The molecule has 33 heavy (non-hydrogen) atoms. The van der Waals surface area contributed by atoms with Gasteiger partial charge in [-0.15, -0.1) is 0 Å². The van der Waals surface area contributed by atoms with E-state index < -0.39 is 0 Å². The van der Waals surface area contributed by atoms with Crippen LogP contribution in [0.25, 0.3) is 0 Å². The van der Waals surface area contributed by atoms with Crippen molar-refractivity contribution in [1.29, 1.82) is 0 Å². The van der Waals surface area contributed by atoms with Crippen molar-refractivity contribution in [3.63, 3.8) is 0 Å². The van der Waals surface area contributed by atoms with Crippen LogP contribution in [-0.2, 0) is 6.42 Å². The van der Waals surface area contributed by atoms with Gasteiger partial charge in [0.1, 0.15) is 0 Å². The second kappa shape index (κ2) is 9.88. The minimum atomic E-state index is 0.915. The largest absolute Gasteiger partial charge is 0.354 e. The Hall–Kier alpha value is -4.30. The van der Waals surface area contributed by atoms with Crippen LogP contribution in [0.1, 0.15) is 11.1 Å². The molecule has 2 nitrogen and oxygen atoms in total. The average molecular weight is 427 g/mol. The van der Waals surface area contributed by atoms with E-state index in [-0.39, 0.29) is 0 Å². The minimum Gasteiger partial charge on any atom is -0.354 e. The van der Waals surface area contributed by atoms with Gasteiger partial charge in [0, 0.05) is 17.1 Å². The molecular formula is C31H26N2. The van der Waals surface area contributed by atoms with E-state index in [4.69, 9.17) is 0 Å². The van der Waals surface area contributed by atoms with E-state index in [9.17, 15) is 0 Å². The molecule has 0 bridgehead atoms. The van der Waals surface area contributed by atoms with Crippen molar-refractivity contribution >= 4 is 28.4 Å². The fraction of sp³-hybridized carbons (Fsp3) is 0.0323. The summed E-state index contributed by atoms with van der Waals surface area (Å²) in [6.45, 7) is 0. The fourth-order valence-corrected chi connectivity index (χ4v) is 4.10. The van der Waals surface area contributed by atoms with Gasteiger partial charge in [0.2, 0.25) is 0 Å². The highest BCUT2D eigenvalue weighted by molar-refractivity contribution is 5.86. The molecular weight excluding hydrogens is 400 g/mol. The predicted octanol–water partition coefficient (Wildman–Crippen LogP) is 8.49. The van der Waals surface area contributed by atoms with Crippen molar-refractivity contribution in [3.05, 3.63) is 151 Å². The quantitative estimate of drug-likeness (QED) is 0.281. The Morgan fingerprint density at radius 2 is 1.03 bits per heavy atom. The first-order valence-corrected chi connectivity index (χ1v) is 11.3. The van der Waals surface area contributed by atoms with E-state index in [1.807, 2.05) is 0 Å².